The topological polar surface area (TPSA) is 67.6 Å². The van der Waals surface area contributed by atoms with Crippen molar-refractivity contribution in [2.75, 3.05) is 5.73 Å². The Morgan fingerprint density at radius 3 is 2.52 bits per heavy atom. The smallest absolute Gasteiger partial charge is 0.398 e. The van der Waals surface area contributed by atoms with E-state index in [4.69, 9.17) is 5.73 Å². The molecule has 1 fully saturated rings. The molecule has 0 unspecified atom stereocenters. The standard InChI is InChI=1S/C14H15F3N4/c15-14(16,17)9-5-6-10(11(18)7-9)13-19-12(20-21-13)8-3-1-2-4-8/h5-8H,1-4,18H2,(H,19,20,21). The molecule has 0 amide bonds. The van der Waals surface area contributed by atoms with Gasteiger partial charge in [0, 0.05) is 17.2 Å². The van der Waals surface area contributed by atoms with Crippen LogP contribution < -0.4 is 5.73 Å². The van der Waals surface area contributed by atoms with Crippen molar-refractivity contribution in [1.82, 2.24) is 15.2 Å². The highest BCUT2D eigenvalue weighted by Gasteiger charge is 2.31. The van der Waals surface area contributed by atoms with Crippen molar-refractivity contribution in [3.63, 3.8) is 0 Å². The van der Waals surface area contributed by atoms with Crippen molar-refractivity contribution >= 4 is 5.69 Å². The third kappa shape index (κ3) is 2.72. The van der Waals surface area contributed by atoms with Gasteiger partial charge in [0.15, 0.2) is 5.82 Å². The third-order valence-electron chi connectivity index (χ3n) is 3.86. The number of halogens is 3. The van der Waals surface area contributed by atoms with E-state index in [-0.39, 0.29) is 5.69 Å². The number of hydrogen-bond donors (Lipinski definition) is 2. The van der Waals surface area contributed by atoms with Crippen LogP contribution in [-0.2, 0) is 6.18 Å². The van der Waals surface area contributed by atoms with Crippen molar-refractivity contribution in [3.8, 4) is 11.4 Å². The van der Waals surface area contributed by atoms with E-state index in [0.717, 1.165) is 30.8 Å². The Labute approximate surface area is 119 Å². The van der Waals surface area contributed by atoms with E-state index >= 15 is 0 Å². The number of nitrogens with two attached hydrogens (primary N) is 1. The quantitative estimate of drug-likeness (QED) is 0.830. The normalized spacial score (nSPS) is 16.5. The van der Waals surface area contributed by atoms with Crippen LogP contribution in [0.3, 0.4) is 0 Å². The van der Waals surface area contributed by atoms with E-state index in [1.807, 2.05) is 0 Å². The van der Waals surface area contributed by atoms with Crippen LogP contribution in [0.1, 0.15) is 43.0 Å². The summed E-state index contributed by atoms with van der Waals surface area (Å²) in [6.45, 7) is 0. The van der Waals surface area contributed by atoms with E-state index in [1.165, 1.54) is 18.9 Å². The summed E-state index contributed by atoms with van der Waals surface area (Å²) < 4.78 is 37.9. The highest BCUT2D eigenvalue weighted by Crippen LogP contribution is 2.35. The van der Waals surface area contributed by atoms with Gasteiger partial charge in [-0.1, -0.05) is 12.8 Å². The summed E-state index contributed by atoms with van der Waals surface area (Å²) in [5.41, 5.74) is 5.40. The predicted molar refractivity (Wildman–Crippen MR) is 72.4 cm³/mol. The fourth-order valence-corrected chi connectivity index (χ4v) is 2.72. The molecule has 0 saturated heterocycles. The second-order valence-electron chi connectivity index (χ2n) is 5.33. The van der Waals surface area contributed by atoms with E-state index in [2.05, 4.69) is 15.2 Å². The van der Waals surface area contributed by atoms with Crippen molar-refractivity contribution in [1.29, 1.82) is 0 Å². The van der Waals surface area contributed by atoms with E-state index < -0.39 is 11.7 Å². The lowest BCUT2D eigenvalue weighted by molar-refractivity contribution is -0.137. The molecule has 1 aromatic heterocycles. The lowest BCUT2D eigenvalue weighted by atomic mass is 10.1. The van der Waals surface area contributed by atoms with Crippen LogP contribution in [-0.4, -0.2) is 15.2 Å². The molecule has 0 spiro atoms. The summed E-state index contributed by atoms with van der Waals surface area (Å²) in [4.78, 5) is 4.39. The van der Waals surface area contributed by atoms with Gasteiger partial charge in [-0.2, -0.15) is 18.3 Å². The SMILES string of the molecule is Nc1cc(C(F)(F)F)ccc1-c1n[nH]c(C2CCCC2)n1. The minimum absolute atomic E-state index is 0.0294. The number of nitrogens with one attached hydrogen (secondary N) is 1. The van der Waals surface area contributed by atoms with Crippen molar-refractivity contribution in [2.45, 2.75) is 37.8 Å². The molecular formula is C14H15F3N4. The number of H-pyrrole nitrogens is 1. The lowest BCUT2D eigenvalue weighted by Crippen LogP contribution is -2.06. The zero-order valence-electron chi connectivity index (χ0n) is 11.2. The molecule has 0 aliphatic heterocycles. The molecule has 1 saturated carbocycles. The monoisotopic (exact) mass is 296 g/mol. The first-order valence-corrected chi connectivity index (χ1v) is 6.84. The average Bonchev–Trinajstić information content (AvgIpc) is 3.08. The zero-order valence-corrected chi connectivity index (χ0v) is 11.2. The number of anilines is 1. The molecule has 2 aromatic rings. The molecule has 0 atom stereocenters. The highest BCUT2D eigenvalue weighted by molar-refractivity contribution is 5.72. The van der Waals surface area contributed by atoms with Crippen LogP contribution >= 0.6 is 0 Å². The number of benzene rings is 1. The molecule has 21 heavy (non-hydrogen) atoms. The molecule has 3 N–H and O–H groups in total. The van der Waals surface area contributed by atoms with Crippen molar-refractivity contribution < 1.29 is 13.2 Å². The first-order chi connectivity index (χ1) is 9.95. The Morgan fingerprint density at radius 1 is 1.19 bits per heavy atom. The van der Waals surface area contributed by atoms with Crippen LogP contribution in [0.5, 0.6) is 0 Å². The van der Waals surface area contributed by atoms with Gasteiger partial charge in [-0.05, 0) is 31.0 Å². The van der Waals surface area contributed by atoms with Gasteiger partial charge in [-0.25, -0.2) is 4.98 Å². The summed E-state index contributed by atoms with van der Waals surface area (Å²) >= 11 is 0. The number of aromatic amines is 1. The maximum absolute atomic E-state index is 12.6. The number of alkyl halides is 3. The van der Waals surface area contributed by atoms with Gasteiger partial charge >= 0.3 is 6.18 Å². The van der Waals surface area contributed by atoms with Gasteiger partial charge in [0.2, 0.25) is 0 Å². The summed E-state index contributed by atoms with van der Waals surface area (Å²) in [6, 6.07) is 3.23. The Balaban J connectivity index is 1.90. The molecule has 0 radical (unpaired) electrons. The summed E-state index contributed by atoms with van der Waals surface area (Å²) in [5, 5.41) is 6.97. The van der Waals surface area contributed by atoms with Gasteiger partial charge < -0.3 is 5.73 Å². The van der Waals surface area contributed by atoms with Crippen LogP contribution in [0.4, 0.5) is 18.9 Å². The second-order valence-corrected chi connectivity index (χ2v) is 5.33. The summed E-state index contributed by atoms with van der Waals surface area (Å²) in [7, 11) is 0. The number of hydrogen-bond acceptors (Lipinski definition) is 3. The van der Waals surface area contributed by atoms with E-state index in [1.54, 1.807) is 0 Å². The third-order valence-corrected chi connectivity index (χ3v) is 3.86. The highest BCUT2D eigenvalue weighted by atomic mass is 19.4. The number of rotatable bonds is 2. The fourth-order valence-electron chi connectivity index (χ4n) is 2.72. The largest absolute Gasteiger partial charge is 0.416 e. The summed E-state index contributed by atoms with van der Waals surface area (Å²) in [5.74, 6) is 1.51. The van der Waals surface area contributed by atoms with Crippen molar-refractivity contribution in [3.05, 3.63) is 29.6 Å². The first kappa shape index (κ1) is 13.9. The van der Waals surface area contributed by atoms with Crippen LogP contribution in [0.25, 0.3) is 11.4 Å². The lowest BCUT2D eigenvalue weighted by Gasteiger charge is -2.09. The van der Waals surface area contributed by atoms with Gasteiger partial charge in [-0.15, -0.1) is 0 Å². The molecule has 1 aromatic carbocycles. The zero-order chi connectivity index (χ0) is 15.0. The molecule has 1 aliphatic rings. The minimum Gasteiger partial charge on any atom is -0.398 e. The van der Waals surface area contributed by atoms with Gasteiger partial charge in [0.05, 0.1) is 5.56 Å². The first-order valence-electron chi connectivity index (χ1n) is 6.84. The molecule has 3 rings (SSSR count). The molecule has 7 heteroatoms. The predicted octanol–water partition coefficient (Wildman–Crippen LogP) is 3.73. The van der Waals surface area contributed by atoms with Crippen LogP contribution in [0, 0.1) is 0 Å². The molecule has 4 nitrogen and oxygen atoms in total. The summed E-state index contributed by atoms with van der Waals surface area (Å²) in [6.07, 6.45) is 0.0706. The van der Waals surface area contributed by atoms with Crippen LogP contribution in [0.15, 0.2) is 18.2 Å². The molecule has 112 valence electrons. The minimum atomic E-state index is -4.40. The number of aromatic nitrogens is 3. The van der Waals surface area contributed by atoms with Gasteiger partial charge in [0.25, 0.3) is 0 Å². The van der Waals surface area contributed by atoms with E-state index in [9.17, 15) is 13.2 Å². The van der Waals surface area contributed by atoms with Gasteiger partial charge in [-0.3, -0.25) is 5.10 Å². The number of nitrogen functional groups attached to an aromatic ring is 1. The Bertz CT molecular complexity index is 642. The van der Waals surface area contributed by atoms with Gasteiger partial charge in [0.1, 0.15) is 5.82 Å². The van der Waals surface area contributed by atoms with Crippen LogP contribution in [0.2, 0.25) is 0 Å². The number of nitrogens with zero attached hydrogens (tertiary/aromatic N) is 2. The molecule has 1 heterocycles. The second kappa shape index (κ2) is 5.05. The molecular weight excluding hydrogens is 281 g/mol. The van der Waals surface area contributed by atoms with E-state index in [0.29, 0.717) is 17.3 Å². The molecule has 1 aliphatic carbocycles. The fraction of sp³-hybridized carbons (Fsp3) is 0.429. The molecule has 0 bridgehead atoms. The maximum atomic E-state index is 12.6. The Kier molecular flexibility index (Phi) is 3.35. The Hall–Kier alpha value is -2.05. The Morgan fingerprint density at radius 2 is 1.90 bits per heavy atom. The average molecular weight is 296 g/mol. The van der Waals surface area contributed by atoms with Crippen molar-refractivity contribution in [2.24, 2.45) is 0 Å². The maximum Gasteiger partial charge on any atom is 0.416 e.